The van der Waals surface area contributed by atoms with E-state index in [1.807, 2.05) is 19.9 Å². The molecule has 0 heterocycles. The number of phenols is 3. The average molecular weight is 655 g/mol. The summed E-state index contributed by atoms with van der Waals surface area (Å²) in [5, 5.41) is 31.0. The average Bonchev–Trinajstić information content (AvgIpc) is 3.03. The summed E-state index contributed by atoms with van der Waals surface area (Å²) in [4.78, 5) is 0. The van der Waals surface area contributed by atoms with Crippen LogP contribution in [0.1, 0.15) is 128 Å². The number of methoxy groups -OCH3 is 1. The molecule has 4 heteroatoms. The molecule has 0 bridgehead atoms. The van der Waals surface area contributed by atoms with Crippen molar-refractivity contribution in [1.29, 1.82) is 0 Å². The zero-order valence-electron chi connectivity index (χ0n) is 31.5. The van der Waals surface area contributed by atoms with Gasteiger partial charge in [0, 0.05) is 16.7 Å². The van der Waals surface area contributed by atoms with Crippen LogP contribution >= 0.6 is 0 Å². The molecule has 0 aliphatic carbocycles. The molecular weight excluding hydrogens is 592 g/mol. The number of hydrogen-bond donors (Lipinski definition) is 3. The Morgan fingerprint density at radius 3 is 1.52 bits per heavy atom. The summed E-state index contributed by atoms with van der Waals surface area (Å²) in [6.45, 7) is 18.9. The molecule has 2 aromatic carbocycles. The van der Waals surface area contributed by atoms with Crippen molar-refractivity contribution in [1.82, 2.24) is 0 Å². The standard InChI is InChI=1S/C44H62O4/c1-30(2)15-11-16-31(3)17-12-20-34(6)24-26-39-37(9)43(47)29-40(44(39)48-10)35(7)22-14-21-32(4)18-13-19-33(5)23-25-38-36(8)41(45)27-28-42(38)46/h15,17-18,22-24,27-29,45-47H,11-14,16,19-21,25-26H2,1-10H3/b31-17+,32-18+,33-23+,34-24+,35-22+. The lowest BCUT2D eigenvalue weighted by Crippen LogP contribution is -2.00. The van der Waals surface area contributed by atoms with Gasteiger partial charge in [-0.05, 0) is 161 Å². The van der Waals surface area contributed by atoms with Gasteiger partial charge in [0.25, 0.3) is 0 Å². The minimum absolute atomic E-state index is 0.216. The van der Waals surface area contributed by atoms with Crippen molar-refractivity contribution < 1.29 is 20.1 Å². The summed E-state index contributed by atoms with van der Waals surface area (Å²) in [6, 6.07) is 4.93. The number of phenolic OH excluding ortho intramolecular Hbond substituents is 3. The highest BCUT2D eigenvalue weighted by Crippen LogP contribution is 2.38. The van der Waals surface area contributed by atoms with Crippen LogP contribution in [0, 0.1) is 13.8 Å². The molecule has 0 spiro atoms. The molecule has 48 heavy (non-hydrogen) atoms. The van der Waals surface area contributed by atoms with E-state index in [0.717, 1.165) is 96.9 Å². The number of ether oxygens (including phenoxy) is 1. The van der Waals surface area contributed by atoms with Gasteiger partial charge in [-0.3, -0.25) is 0 Å². The Kier molecular flexibility index (Phi) is 17.1. The number of benzene rings is 2. The minimum Gasteiger partial charge on any atom is -0.508 e. The summed E-state index contributed by atoms with van der Waals surface area (Å²) < 4.78 is 5.96. The summed E-state index contributed by atoms with van der Waals surface area (Å²) in [6.07, 6.45) is 23.1. The fourth-order valence-corrected chi connectivity index (χ4v) is 5.83. The van der Waals surface area contributed by atoms with E-state index in [0.29, 0.717) is 12.2 Å². The van der Waals surface area contributed by atoms with Crippen LogP contribution in [0.15, 0.2) is 82.5 Å². The van der Waals surface area contributed by atoms with E-state index in [9.17, 15) is 15.3 Å². The Hall–Kier alpha value is -3.92. The van der Waals surface area contributed by atoms with E-state index < -0.39 is 0 Å². The van der Waals surface area contributed by atoms with Crippen LogP contribution in [0.3, 0.4) is 0 Å². The second-order valence-corrected chi connectivity index (χ2v) is 13.7. The molecule has 4 nitrogen and oxygen atoms in total. The fraction of sp³-hybridized carbons (Fsp3) is 0.455. The van der Waals surface area contributed by atoms with Crippen LogP contribution in [0.4, 0.5) is 0 Å². The van der Waals surface area contributed by atoms with Crippen LogP contribution in [-0.4, -0.2) is 22.4 Å². The second-order valence-electron chi connectivity index (χ2n) is 13.7. The van der Waals surface area contributed by atoms with Crippen molar-refractivity contribution in [2.45, 2.75) is 127 Å². The molecule has 3 N–H and O–H groups in total. The largest absolute Gasteiger partial charge is 0.508 e. The van der Waals surface area contributed by atoms with Gasteiger partial charge in [0.2, 0.25) is 0 Å². The van der Waals surface area contributed by atoms with Crippen LogP contribution < -0.4 is 4.74 Å². The number of aromatic hydroxyl groups is 3. The predicted octanol–water partition coefficient (Wildman–Crippen LogP) is 12.5. The van der Waals surface area contributed by atoms with E-state index in [1.165, 1.54) is 33.9 Å². The summed E-state index contributed by atoms with van der Waals surface area (Å²) in [5.41, 5.74) is 12.3. The van der Waals surface area contributed by atoms with Crippen LogP contribution in [-0.2, 0) is 12.8 Å². The van der Waals surface area contributed by atoms with Crippen molar-refractivity contribution in [3.05, 3.63) is 110 Å². The quantitative estimate of drug-likeness (QED) is 0.110. The lowest BCUT2D eigenvalue weighted by molar-refractivity contribution is 0.405. The molecular formula is C44H62O4. The maximum Gasteiger partial charge on any atom is 0.130 e. The number of hydrogen-bond acceptors (Lipinski definition) is 4. The highest BCUT2D eigenvalue weighted by molar-refractivity contribution is 5.73. The van der Waals surface area contributed by atoms with Gasteiger partial charge < -0.3 is 20.1 Å². The first kappa shape index (κ1) is 40.3. The summed E-state index contributed by atoms with van der Waals surface area (Å²) in [7, 11) is 1.72. The molecule has 0 atom stereocenters. The summed E-state index contributed by atoms with van der Waals surface area (Å²) in [5.74, 6) is 1.60. The lowest BCUT2D eigenvalue weighted by atomic mass is 9.94. The van der Waals surface area contributed by atoms with Gasteiger partial charge in [0.15, 0.2) is 0 Å². The Balaban J connectivity index is 2.00. The highest BCUT2D eigenvalue weighted by atomic mass is 16.5. The molecule has 0 unspecified atom stereocenters. The number of rotatable bonds is 18. The smallest absolute Gasteiger partial charge is 0.130 e. The first-order valence-corrected chi connectivity index (χ1v) is 17.6. The van der Waals surface area contributed by atoms with Gasteiger partial charge in [-0.1, -0.05) is 64.3 Å². The van der Waals surface area contributed by atoms with Crippen molar-refractivity contribution >= 4 is 5.57 Å². The van der Waals surface area contributed by atoms with Gasteiger partial charge in [-0.25, -0.2) is 0 Å². The van der Waals surface area contributed by atoms with E-state index in [4.69, 9.17) is 4.74 Å². The minimum atomic E-state index is 0.216. The molecule has 0 aliphatic heterocycles. The third kappa shape index (κ3) is 13.3. The van der Waals surface area contributed by atoms with Gasteiger partial charge in [0.1, 0.15) is 23.0 Å². The molecule has 0 amide bonds. The normalized spacial score (nSPS) is 13.2. The van der Waals surface area contributed by atoms with Gasteiger partial charge >= 0.3 is 0 Å². The fourth-order valence-electron chi connectivity index (χ4n) is 5.83. The highest BCUT2D eigenvalue weighted by Gasteiger charge is 2.16. The van der Waals surface area contributed by atoms with Crippen LogP contribution in [0.5, 0.6) is 23.0 Å². The van der Waals surface area contributed by atoms with Crippen molar-refractivity contribution in [2.75, 3.05) is 7.11 Å². The Morgan fingerprint density at radius 1 is 0.562 bits per heavy atom. The van der Waals surface area contributed by atoms with E-state index in [1.54, 1.807) is 13.2 Å². The molecule has 2 aromatic rings. The third-order valence-electron chi connectivity index (χ3n) is 9.26. The maximum absolute atomic E-state index is 10.9. The Bertz CT molecular complexity index is 1550. The number of allylic oxidation sites excluding steroid dienone is 12. The summed E-state index contributed by atoms with van der Waals surface area (Å²) >= 11 is 0. The Morgan fingerprint density at radius 2 is 1.00 bits per heavy atom. The lowest BCUT2D eigenvalue weighted by Gasteiger charge is -2.18. The third-order valence-corrected chi connectivity index (χ3v) is 9.26. The molecule has 262 valence electrons. The topological polar surface area (TPSA) is 69.9 Å². The first-order valence-electron chi connectivity index (χ1n) is 17.6. The van der Waals surface area contributed by atoms with E-state index in [-0.39, 0.29) is 11.5 Å². The monoisotopic (exact) mass is 654 g/mol. The zero-order chi connectivity index (χ0) is 35.8. The van der Waals surface area contributed by atoms with Gasteiger partial charge in [-0.2, -0.15) is 0 Å². The molecule has 0 radical (unpaired) electrons. The molecule has 0 aliphatic rings. The maximum atomic E-state index is 10.9. The molecule has 0 fully saturated rings. The molecule has 0 saturated heterocycles. The second kappa shape index (κ2) is 20.4. The van der Waals surface area contributed by atoms with Crippen molar-refractivity contribution in [2.24, 2.45) is 0 Å². The van der Waals surface area contributed by atoms with Crippen LogP contribution in [0.25, 0.3) is 5.57 Å². The Labute approximate surface area is 292 Å². The van der Waals surface area contributed by atoms with Crippen molar-refractivity contribution in [3.63, 3.8) is 0 Å². The van der Waals surface area contributed by atoms with E-state index >= 15 is 0 Å². The van der Waals surface area contributed by atoms with Crippen LogP contribution in [0.2, 0.25) is 0 Å². The first-order chi connectivity index (χ1) is 22.7. The van der Waals surface area contributed by atoms with Crippen molar-refractivity contribution in [3.8, 4) is 23.0 Å². The van der Waals surface area contributed by atoms with Gasteiger partial charge in [-0.15, -0.1) is 0 Å². The van der Waals surface area contributed by atoms with Gasteiger partial charge in [0.05, 0.1) is 7.11 Å². The molecule has 2 rings (SSSR count). The molecule has 0 saturated carbocycles. The SMILES string of the molecule is COc1c(/C(C)=C/CC/C(C)=C/CC/C(C)=C/Cc2c(O)ccc(O)c2C)cc(O)c(C)c1C/C=C(\C)CC/C=C(\C)CCC=C(C)C. The molecule has 0 aromatic heterocycles. The predicted molar refractivity (Wildman–Crippen MR) is 206 cm³/mol. The zero-order valence-corrected chi connectivity index (χ0v) is 31.5. The van der Waals surface area contributed by atoms with E-state index in [2.05, 4.69) is 84.9 Å².